The quantitative estimate of drug-likeness (QED) is 0.864. The Morgan fingerprint density at radius 3 is 2.59 bits per heavy atom. The summed E-state index contributed by atoms with van der Waals surface area (Å²) in [5.41, 5.74) is 1.89. The summed E-state index contributed by atoms with van der Waals surface area (Å²) >= 11 is 6.28. The van der Waals surface area contributed by atoms with Crippen LogP contribution in [0.15, 0.2) is 11.3 Å². The average molecular weight is 325 g/mol. The van der Waals surface area contributed by atoms with Crippen molar-refractivity contribution in [2.45, 2.75) is 39.5 Å². The lowest BCUT2D eigenvalue weighted by atomic mass is 9.75. The maximum Gasteiger partial charge on any atom is 0.165 e. The lowest BCUT2D eigenvalue weighted by Gasteiger charge is -2.29. The summed E-state index contributed by atoms with van der Waals surface area (Å²) in [5, 5.41) is 15.1. The van der Waals surface area contributed by atoms with Crippen molar-refractivity contribution in [3.8, 4) is 0 Å². The van der Waals surface area contributed by atoms with Gasteiger partial charge in [-0.1, -0.05) is 25.4 Å². The van der Waals surface area contributed by atoms with Crippen LogP contribution < -0.4 is 0 Å². The van der Waals surface area contributed by atoms with Gasteiger partial charge in [-0.2, -0.15) is 5.10 Å². The van der Waals surface area contributed by atoms with Gasteiger partial charge in [-0.25, -0.2) is 0 Å². The Kier molecular flexibility index (Phi) is 4.75. The minimum atomic E-state index is -0.593. The molecule has 120 valence electrons. The highest BCUT2D eigenvalue weighted by atomic mass is 35.5. The summed E-state index contributed by atoms with van der Waals surface area (Å²) in [7, 11) is 1.75. The maximum atomic E-state index is 12.2. The zero-order valence-corrected chi connectivity index (χ0v) is 14.0. The molecule has 0 radical (unpaired) electrons. The highest BCUT2D eigenvalue weighted by molar-refractivity contribution is 6.30. The molecule has 0 aliphatic heterocycles. The van der Waals surface area contributed by atoms with Crippen LogP contribution >= 0.6 is 11.6 Å². The first-order valence-electron chi connectivity index (χ1n) is 7.38. The largest absolute Gasteiger partial charge is 0.512 e. The van der Waals surface area contributed by atoms with Crippen molar-refractivity contribution in [3.63, 3.8) is 0 Å². The van der Waals surface area contributed by atoms with E-state index in [1.165, 1.54) is 0 Å². The van der Waals surface area contributed by atoms with Gasteiger partial charge < -0.3 is 9.90 Å². The number of hydrogen-bond donors (Lipinski definition) is 1. The monoisotopic (exact) mass is 324 g/mol. The fourth-order valence-corrected chi connectivity index (χ4v) is 3.48. The number of aromatic nitrogens is 2. The Balaban J connectivity index is 2.42. The average Bonchev–Trinajstić information content (AvgIpc) is 2.70. The number of halogens is 1. The lowest BCUT2D eigenvalue weighted by molar-refractivity contribution is -0.121. The van der Waals surface area contributed by atoms with Crippen LogP contribution in [0.5, 0.6) is 0 Å². The molecule has 0 amide bonds. The van der Waals surface area contributed by atoms with E-state index >= 15 is 0 Å². The third-order valence-corrected chi connectivity index (χ3v) is 4.67. The van der Waals surface area contributed by atoms with E-state index in [1.54, 1.807) is 25.6 Å². The molecule has 2 rings (SSSR count). The van der Waals surface area contributed by atoms with E-state index in [1.807, 2.05) is 6.92 Å². The molecule has 2 atom stereocenters. The number of rotatable bonds is 4. The number of aldehydes is 1. The second kappa shape index (κ2) is 6.24. The maximum absolute atomic E-state index is 12.2. The van der Waals surface area contributed by atoms with Gasteiger partial charge in [0.15, 0.2) is 5.78 Å². The summed E-state index contributed by atoms with van der Waals surface area (Å²) in [6.07, 6.45) is 1.52. The molecule has 0 aromatic carbocycles. The number of allylic oxidation sites excluding steroid dienone is 2. The van der Waals surface area contributed by atoms with E-state index in [0.29, 0.717) is 18.0 Å². The normalized spacial score (nSPS) is 22.3. The molecule has 1 N–H and O–H groups in total. The molecule has 0 bridgehead atoms. The fraction of sp³-hybridized carbons (Fsp3) is 0.562. The van der Waals surface area contributed by atoms with Crippen molar-refractivity contribution in [1.29, 1.82) is 0 Å². The number of carbonyl (C=O) groups is 2. The third kappa shape index (κ3) is 2.82. The number of nitrogens with zero attached hydrogens (tertiary/aromatic N) is 2. The van der Waals surface area contributed by atoms with Crippen LogP contribution in [0.4, 0.5) is 0 Å². The number of aryl methyl sites for hydroxylation is 2. The van der Waals surface area contributed by atoms with Gasteiger partial charge >= 0.3 is 0 Å². The van der Waals surface area contributed by atoms with Crippen molar-refractivity contribution in [2.75, 3.05) is 0 Å². The van der Waals surface area contributed by atoms with Gasteiger partial charge in [-0.05, 0) is 19.3 Å². The van der Waals surface area contributed by atoms with Crippen molar-refractivity contribution in [2.24, 2.45) is 18.9 Å². The van der Waals surface area contributed by atoms with Crippen molar-refractivity contribution in [1.82, 2.24) is 9.78 Å². The van der Waals surface area contributed by atoms with Gasteiger partial charge in [-0.15, -0.1) is 0 Å². The Hall–Kier alpha value is -1.62. The molecular weight excluding hydrogens is 304 g/mol. The lowest BCUT2D eigenvalue weighted by Crippen LogP contribution is -2.27. The number of aliphatic hydroxyl groups excluding tert-OH is 1. The molecule has 0 saturated heterocycles. The van der Waals surface area contributed by atoms with Crippen molar-refractivity contribution < 1.29 is 14.7 Å². The molecule has 22 heavy (non-hydrogen) atoms. The van der Waals surface area contributed by atoms with E-state index in [-0.39, 0.29) is 29.0 Å². The topological polar surface area (TPSA) is 72.2 Å². The minimum Gasteiger partial charge on any atom is -0.512 e. The molecule has 2 unspecified atom stereocenters. The molecule has 0 saturated carbocycles. The molecular formula is C16H21ClN2O3. The summed E-state index contributed by atoms with van der Waals surface area (Å²) in [5.74, 6) is -1.11. The highest BCUT2D eigenvalue weighted by Crippen LogP contribution is 2.42. The van der Waals surface area contributed by atoms with Gasteiger partial charge in [0.05, 0.1) is 5.69 Å². The zero-order valence-electron chi connectivity index (χ0n) is 13.3. The number of hydrogen-bond acceptors (Lipinski definition) is 4. The van der Waals surface area contributed by atoms with E-state index < -0.39 is 5.92 Å². The standard InChI is InChI=1S/C16H21ClN2O3/c1-8(2)15(22)14-11(7-20)5-10(6-12(14)21)13-9(3)18-19(4)16(13)17/h7-8,10-11,21H,5-6H2,1-4H3. The van der Waals surface area contributed by atoms with Crippen LogP contribution in [0.3, 0.4) is 0 Å². The summed E-state index contributed by atoms with van der Waals surface area (Å²) in [4.78, 5) is 23.7. The van der Waals surface area contributed by atoms with Crippen LogP contribution in [-0.4, -0.2) is 27.0 Å². The van der Waals surface area contributed by atoms with E-state index in [4.69, 9.17) is 11.6 Å². The molecule has 1 aliphatic rings. The number of ketones is 1. The van der Waals surface area contributed by atoms with E-state index in [2.05, 4.69) is 5.10 Å². The molecule has 1 aromatic heterocycles. The minimum absolute atomic E-state index is 0.00590. The fourth-order valence-electron chi connectivity index (χ4n) is 3.15. The molecule has 1 heterocycles. The molecule has 6 heteroatoms. The molecule has 1 aromatic rings. The Labute approximate surface area is 135 Å². The smallest absolute Gasteiger partial charge is 0.165 e. The van der Waals surface area contributed by atoms with Crippen molar-refractivity contribution >= 4 is 23.7 Å². The third-order valence-electron chi connectivity index (χ3n) is 4.22. The van der Waals surface area contributed by atoms with Gasteiger partial charge in [0.1, 0.15) is 17.2 Å². The van der Waals surface area contributed by atoms with Gasteiger partial charge in [-0.3, -0.25) is 9.48 Å². The van der Waals surface area contributed by atoms with Crippen LogP contribution in [0.25, 0.3) is 0 Å². The number of carbonyl (C=O) groups excluding carboxylic acids is 2. The predicted octanol–water partition coefficient (Wildman–Crippen LogP) is 3.11. The van der Waals surface area contributed by atoms with Crippen LogP contribution in [-0.2, 0) is 16.6 Å². The van der Waals surface area contributed by atoms with Gasteiger partial charge in [0.25, 0.3) is 0 Å². The molecule has 1 aliphatic carbocycles. The summed E-state index contributed by atoms with van der Waals surface area (Å²) < 4.78 is 1.58. The van der Waals surface area contributed by atoms with Gasteiger partial charge in [0, 0.05) is 36.4 Å². The first-order chi connectivity index (χ1) is 10.3. The van der Waals surface area contributed by atoms with E-state index in [9.17, 15) is 14.7 Å². The molecule has 0 spiro atoms. The van der Waals surface area contributed by atoms with Crippen molar-refractivity contribution in [3.05, 3.63) is 27.7 Å². The Morgan fingerprint density at radius 2 is 2.14 bits per heavy atom. The first-order valence-corrected chi connectivity index (χ1v) is 7.76. The van der Waals surface area contributed by atoms with E-state index in [0.717, 1.165) is 17.5 Å². The number of aliphatic hydroxyl groups is 1. The zero-order chi connectivity index (χ0) is 16.6. The second-order valence-corrected chi connectivity index (χ2v) is 6.53. The Morgan fingerprint density at radius 1 is 1.50 bits per heavy atom. The van der Waals surface area contributed by atoms with Crippen LogP contribution in [0, 0.1) is 18.8 Å². The van der Waals surface area contributed by atoms with Gasteiger partial charge in [0.2, 0.25) is 0 Å². The summed E-state index contributed by atoms with van der Waals surface area (Å²) in [6, 6.07) is 0. The Bertz CT molecular complexity index is 646. The van der Waals surface area contributed by atoms with Crippen LogP contribution in [0.1, 0.15) is 43.9 Å². The summed E-state index contributed by atoms with van der Waals surface area (Å²) in [6.45, 7) is 5.38. The second-order valence-electron chi connectivity index (χ2n) is 6.17. The predicted molar refractivity (Wildman–Crippen MR) is 84.0 cm³/mol. The molecule has 5 nitrogen and oxygen atoms in total. The first kappa shape index (κ1) is 16.7. The SMILES string of the molecule is Cc1nn(C)c(Cl)c1C1CC(O)=C(C(=O)C(C)C)C(C=O)C1. The van der Waals surface area contributed by atoms with Crippen LogP contribution in [0.2, 0.25) is 5.15 Å². The highest BCUT2D eigenvalue weighted by Gasteiger charge is 2.36. The number of Topliss-reactive ketones (excluding diaryl/α,β-unsaturated/α-hetero) is 1. The molecule has 0 fully saturated rings.